The fraction of sp³-hybridized carbons (Fsp3) is 0.188. The molecule has 0 aliphatic rings. The van der Waals surface area contributed by atoms with Crippen LogP contribution in [0.2, 0.25) is 10.0 Å². The number of nitrogens with one attached hydrogen (secondary N) is 2. The zero-order chi connectivity index (χ0) is 15.4. The van der Waals surface area contributed by atoms with Crippen LogP contribution in [0.25, 0.3) is 0 Å². The first-order valence-electron chi connectivity index (χ1n) is 6.52. The van der Waals surface area contributed by atoms with E-state index in [-0.39, 0.29) is 0 Å². The first-order valence-corrected chi connectivity index (χ1v) is 7.68. The standard InChI is InChI=1S/C16H16Cl2N2S/c1-10-7-13(17)4-3-12(10)9-19-16(21)20-15-6-5-14(18)8-11(15)2/h3-8H,9H2,1-2H3,(H2,19,20,21). The van der Waals surface area contributed by atoms with Crippen molar-refractivity contribution in [3.05, 3.63) is 63.1 Å². The summed E-state index contributed by atoms with van der Waals surface area (Å²) in [5.41, 5.74) is 4.30. The van der Waals surface area contributed by atoms with E-state index in [1.807, 2.05) is 50.2 Å². The minimum Gasteiger partial charge on any atom is -0.358 e. The number of anilines is 1. The smallest absolute Gasteiger partial charge is 0.171 e. The third kappa shape index (κ3) is 4.60. The zero-order valence-electron chi connectivity index (χ0n) is 11.8. The molecule has 0 bridgehead atoms. The van der Waals surface area contributed by atoms with Gasteiger partial charge in [0.1, 0.15) is 0 Å². The minimum absolute atomic E-state index is 0.578. The molecule has 2 nitrogen and oxygen atoms in total. The number of halogens is 2. The van der Waals surface area contributed by atoms with E-state index in [2.05, 4.69) is 10.6 Å². The number of benzene rings is 2. The molecule has 0 amide bonds. The minimum atomic E-state index is 0.578. The third-order valence-electron chi connectivity index (χ3n) is 3.18. The first kappa shape index (κ1) is 16.1. The maximum atomic E-state index is 5.95. The Kier molecular flexibility index (Phi) is 5.45. The number of thiocarbonyl (C=S) groups is 1. The average molecular weight is 339 g/mol. The van der Waals surface area contributed by atoms with E-state index in [4.69, 9.17) is 35.4 Å². The van der Waals surface area contributed by atoms with Gasteiger partial charge in [0.15, 0.2) is 5.11 Å². The molecule has 110 valence electrons. The molecule has 2 N–H and O–H groups in total. The molecule has 2 aromatic carbocycles. The maximum absolute atomic E-state index is 5.95. The molecule has 0 aliphatic carbocycles. The van der Waals surface area contributed by atoms with Gasteiger partial charge in [-0.25, -0.2) is 0 Å². The van der Waals surface area contributed by atoms with Gasteiger partial charge in [0.2, 0.25) is 0 Å². The topological polar surface area (TPSA) is 24.1 Å². The molecule has 5 heteroatoms. The predicted molar refractivity (Wildman–Crippen MR) is 95.4 cm³/mol. The van der Waals surface area contributed by atoms with E-state index in [0.29, 0.717) is 16.7 Å². The van der Waals surface area contributed by atoms with Crippen LogP contribution < -0.4 is 10.6 Å². The molecule has 0 aromatic heterocycles. The predicted octanol–water partition coefficient (Wildman–Crippen LogP) is 5.10. The Hall–Kier alpha value is -1.29. The largest absolute Gasteiger partial charge is 0.358 e. The second-order valence-electron chi connectivity index (χ2n) is 4.84. The number of hydrogen-bond acceptors (Lipinski definition) is 1. The highest BCUT2D eigenvalue weighted by Crippen LogP contribution is 2.19. The second kappa shape index (κ2) is 7.12. The molecule has 2 aromatic rings. The van der Waals surface area contributed by atoms with E-state index in [1.165, 1.54) is 0 Å². The Morgan fingerprint density at radius 3 is 2.24 bits per heavy atom. The molecule has 0 heterocycles. The summed E-state index contributed by atoms with van der Waals surface area (Å²) in [7, 11) is 0. The maximum Gasteiger partial charge on any atom is 0.171 e. The van der Waals surface area contributed by atoms with Gasteiger partial charge >= 0.3 is 0 Å². The summed E-state index contributed by atoms with van der Waals surface area (Å²) < 4.78 is 0. The second-order valence-corrected chi connectivity index (χ2v) is 6.12. The number of hydrogen-bond donors (Lipinski definition) is 2. The zero-order valence-corrected chi connectivity index (χ0v) is 14.2. The average Bonchev–Trinajstić information content (AvgIpc) is 2.41. The van der Waals surface area contributed by atoms with Crippen LogP contribution in [0.3, 0.4) is 0 Å². The lowest BCUT2D eigenvalue weighted by Gasteiger charge is -2.14. The van der Waals surface area contributed by atoms with Crippen molar-refractivity contribution < 1.29 is 0 Å². The van der Waals surface area contributed by atoms with Crippen LogP contribution in [-0.2, 0) is 6.54 Å². The first-order chi connectivity index (χ1) is 9.95. The summed E-state index contributed by atoms with van der Waals surface area (Å²) in [6, 6.07) is 11.5. The van der Waals surface area contributed by atoms with Gasteiger partial charge in [-0.3, -0.25) is 0 Å². The Balaban J connectivity index is 1.96. The monoisotopic (exact) mass is 338 g/mol. The van der Waals surface area contributed by atoms with E-state index < -0.39 is 0 Å². The van der Waals surface area contributed by atoms with Crippen LogP contribution in [0.1, 0.15) is 16.7 Å². The fourth-order valence-electron chi connectivity index (χ4n) is 1.97. The third-order valence-corrected chi connectivity index (χ3v) is 3.90. The highest BCUT2D eigenvalue weighted by Gasteiger charge is 2.03. The highest BCUT2D eigenvalue weighted by molar-refractivity contribution is 7.80. The molecule has 0 saturated heterocycles. The quantitative estimate of drug-likeness (QED) is 0.761. The molecule has 2 rings (SSSR count). The Morgan fingerprint density at radius 2 is 1.62 bits per heavy atom. The van der Waals surface area contributed by atoms with Crippen LogP contribution in [0.4, 0.5) is 5.69 Å². The summed E-state index contributed by atoms with van der Waals surface area (Å²) in [4.78, 5) is 0. The molecule has 0 aliphatic heterocycles. The van der Waals surface area contributed by atoms with Crippen molar-refractivity contribution in [2.75, 3.05) is 5.32 Å². The molecule has 0 unspecified atom stereocenters. The van der Waals surface area contributed by atoms with Gasteiger partial charge in [-0.1, -0.05) is 29.3 Å². The Morgan fingerprint density at radius 1 is 1.00 bits per heavy atom. The van der Waals surface area contributed by atoms with Crippen LogP contribution in [0.15, 0.2) is 36.4 Å². The lowest BCUT2D eigenvalue weighted by atomic mass is 10.1. The summed E-state index contributed by atoms with van der Waals surface area (Å²) in [5, 5.41) is 8.41. The molecule has 0 saturated carbocycles. The lowest BCUT2D eigenvalue weighted by molar-refractivity contribution is 0.915. The Bertz CT molecular complexity index is 671. The van der Waals surface area contributed by atoms with E-state index in [1.54, 1.807) is 0 Å². The van der Waals surface area contributed by atoms with Crippen LogP contribution >= 0.6 is 35.4 Å². The van der Waals surface area contributed by atoms with Gasteiger partial charge in [-0.05, 0) is 73.1 Å². The summed E-state index contributed by atoms with van der Waals surface area (Å²) in [6.07, 6.45) is 0. The molecular weight excluding hydrogens is 323 g/mol. The fourth-order valence-corrected chi connectivity index (χ4v) is 2.60. The van der Waals surface area contributed by atoms with Gasteiger partial charge in [0.05, 0.1) is 0 Å². The van der Waals surface area contributed by atoms with Crippen molar-refractivity contribution in [3.8, 4) is 0 Å². The van der Waals surface area contributed by atoms with Crippen molar-refractivity contribution >= 4 is 46.2 Å². The van der Waals surface area contributed by atoms with Crippen LogP contribution in [0.5, 0.6) is 0 Å². The number of rotatable bonds is 3. The summed E-state index contributed by atoms with van der Waals surface area (Å²) in [5.74, 6) is 0. The normalized spacial score (nSPS) is 10.3. The number of aryl methyl sites for hydroxylation is 2. The van der Waals surface area contributed by atoms with Gasteiger partial charge in [-0.15, -0.1) is 0 Å². The van der Waals surface area contributed by atoms with Crippen molar-refractivity contribution in [2.45, 2.75) is 20.4 Å². The van der Waals surface area contributed by atoms with Crippen LogP contribution in [-0.4, -0.2) is 5.11 Å². The Labute approximate surface area is 140 Å². The molecule has 0 atom stereocenters. The van der Waals surface area contributed by atoms with Crippen molar-refractivity contribution in [1.82, 2.24) is 5.32 Å². The molecule has 21 heavy (non-hydrogen) atoms. The van der Waals surface area contributed by atoms with Gasteiger partial charge in [-0.2, -0.15) is 0 Å². The van der Waals surface area contributed by atoms with E-state index in [0.717, 1.165) is 27.4 Å². The van der Waals surface area contributed by atoms with Gasteiger partial charge in [0.25, 0.3) is 0 Å². The lowest BCUT2D eigenvalue weighted by Crippen LogP contribution is -2.28. The van der Waals surface area contributed by atoms with Crippen molar-refractivity contribution in [1.29, 1.82) is 0 Å². The van der Waals surface area contributed by atoms with Crippen molar-refractivity contribution in [2.24, 2.45) is 0 Å². The van der Waals surface area contributed by atoms with Crippen LogP contribution in [0, 0.1) is 13.8 Å². The molecule has 0 fully saturated rings. The highest BCUT2D eigenvalue weighted by atomic mass is 35.5. The molecule has 0 radical (unpaired) electrons. The van der Waals surface area contributed by atoms with Gasteiger partial charge < -0.3 is 10.6 Å². The SMILES string of the molecule is Cc1cc(Cl)ccc1CNC(=S)Nc1ccc(Cl)cc1C. The van der Waals surface area contributed by atoms with Crippen molar-refractivity contribution in [3.63, 3.8) is 0 Å². The molecule has 0 spiro atoms. The summed E-state index contributed by atoms with van der Waals surface area (Å²) in [6.45, 7) is 4.67. The van der Waals surface area contributed by atoms with E-state index in [9.17, 15) is 0 Å². The van der Waals surface area contributed by atoms with Gasteiger partial charge in [0, 0.05) is 22.3 Å². The summed E-state index contributed by atoms with van der Waals surface area (Å²) >= 11 is 17.2. The molecular formula is C16H16Cl2N2S. The van der Waals surface area contributed by atoms with E-state index >= 15 is 0 Å².